The molecule has 1 heterocycles. The van der Waals surface area contributed by atoms with Crippen molar-refractivity contribution < 1.29 is 0 Å². The molecule has 0 spiro atoms. The first-order valence-corrected chi connectivity index (χ1v) is 6.00. The summed E-state index contributed by atoms with van der Waals surface area (Å²) >= 11 is 0. The zero-order valence-corrected chi connectivity index (χ0v) is 9.42. The van der Waals surface area contributed by atoms with Crippen LogP contribution >= 0.6 is 0 Å². The fourth-order valence-electron chi connectivity index (χ4n) is 2.68. The molecular formula is C12H19N3. The van der Waals surface area contributed by atoms with E-state index in [1.807, 2.05) is 0 Å². The van der Waals surface area contributed by atoms with Gasteiger partial charge in [-0.15, -0.1) is 0 Å². The number of nitrogens with two attached hydrogens (primary N) is 1. The van der Waals surface area contributed by atoms with Gasteiger partial charge < -0.3 is 5.73 Å². The average Bonchev–Trinajstić information content (AvgIpc) is 2.65. The van der Waals surface area contributed by atoms with E-state index in [0.717, 1.165) is 12.8 Å². The van der Waals surface area contributed by atoms with Crippen LogP contribution < -0.4 is 5.73 Å². The largest absolute Gasteiger partial charge is 0.325 e. The molecule has 0 unspecified atom stereocenters. The van der Waals surface area contributed by atoms with Crippen molar-refractivity contribution in [2.45, 2.75) is 50.5 Å². The average molecular weight is 205 g/mol. The number of hydrogen-bond donors (Lipinski definition) is 1. The van der Waals surface area contributed by atoms with Crippen molar-refractivity contribution in [3.8, 4) is 0 Å². The molecule has 1 fully saturated rings. The predicted molar refractivity (Wildman–Crippen MR) is 59.7 cm³/mol. The van der Waals surface area contributed by atoms with Gasteiger partial charge in [0.15, 0.2) is 0 Å². The third-order valence-electron chi connectivity index (χ3n) is 3.95. The Bertz CT molecular complexity index is 388. The van der Waals surface area contributed by atoms with Gasteiger partial charge in [-0.25, -0.2) is 0 Å². The van der Waals surface area contributed by atoms with Crippen molar-refractivity contribution in [1.29, 1.82) is 0 Å². The fraction of sp³-hybridized carbons (Fsp3) is 0.750. The lowest BCUT2D eigenvalue weighted by molar-refractivity contribution is 0.577. The van der Waals surface area contributed by atoms with Crippen LogP contribution in [-0.2, 0) is 26.3 Å². The Morgan fingerprint density at radius 1 is 1.40 bits per heavy atom. The molecule has 15 heavy (non-hydrogen) atoms. The molecule has 0 saturated heterocycles. The molecule has 1 aromatic heterocycles. The van der Waals surface area contributed by atoms with Gasteiger partial charge in [0.05, 0.1) is 5.69 Å². The number of hydrogen-bond acceptors (Lipinski definition) is 2. The molecule has 1 aromatic rings. The van der Waals surface area contributed by atoms with E-state index in [-0.39, 0.29) is 5.54 Å². The lowest BCUT2D eigenvalue weighted by Gasteiger charge is -2.09. The molecule has 82 valence electrons. The summed E-state index contributed by atoms with van der Waals surface area (Å²) in [5.74, 6) is 0. The lowest BCUT2D eigenvalue weighted by atomic mass is 10.1. The van der Waals surface area contributed by atoms with Crippen LogP contribution in [0.25, 0.3) is 0 Å². The third kappa shape index (κ3) is 1.59. The Balaban J connectivity index is 1.78. The van der Waals surface area contributed by atoms with Crippen LogP contribution in [0.5, 0.6) is 0 Å². The molecule has 3 nitrogen and oxygen atoms in total. The molecule has 3 rings (SSSR count). The highest BCUT2D eigenvalue weighted by Crippen LogP contribution is 2.37. The summed E-state index contributed by atoms with van der Waals surface area (Å²) in [7, 11) is 2.07. The molecule has 0 atom stereocenters. The summed E-state index contributed by atoms with van der Waals surface area (Å²) < 4.78 is 2.08. The van der Waals surface area contributed by atoms with Gasteiger partial charge in [0.2, 0.25) is 0 Å². The van der Waals surface area contributed by atoms with Crippen molar-refractivity contribution in [3.05, 3.63) is 17.0 Å². The number of nitrogens with zero attached hydrogens (tertiary/aromatic N) is 2. The minimum Gasteiger partial charge on any atom is -0.325 e. The van der Waals surface area contributed by atoms with Crippen molar-refractivity contribution >= 4 is 0 Å². The van der Waals surface area contributed by atoms with Gasteiger partial charge >= 0.3 is 0 Å². The second-order valence-electron chi connectivity index (χ2n) is 5.21. The van der Waals surface area contributed by atoms with Gasteiger partial charge in [-0.1, -0.05) is 0 Å². The number of aromatic nitrogens is 2. The van der Waals surface area contributed by atoms with E-state index in [2.05, 4.69) is 16.8 Å². The standard InChI is InChI=1S/C12H19N3/c1-15-11(5-6-12(13)7-8-12)9-3-2-4-10(9)14-15/h2-8,13H2,1H3. The summed E-state index contributed by atoms with van der Waals surface area (Å²) in [5, 5.41) is 4.59. The third-order valence-corrected chi connectivity index (χ3v) is 3.95. The maximum Gasteiger partial charge on any atom is 0.0659 e. The van der Waals surface area contributed by atoms with Crippen LogP contribution in [0.2, 0.25) is 0 Å². The highest BCUT2D eigenvalue weighted by molar-refractivity contribution is 5.30. The first kappa shape index (κ1) is 9.40. The zero-order valence-electron chi connectivity index (χ0n) is 9.42. The monoisotopic (exact) mass is 205 g/mol. The first-order valence-electron chi connectivity index (χ1n) is 6.00. The Morgan fingerprint density at radius 2 is 2.20 bits per heavy atom. The van der Waals surface area contributed by atoms with Crippen LogP contribution in [0, 0.1) is 0 Å². The molecule has 1 saturated carbocycles. The molecule has 0 aromatic carbocycles. The Morgan fingerprint density at radius 3 is 2.93 bits per heavy atom. The van der Waals surface area contributed by atoms with E-state index in [9.17, 15) is 0 Å². The molecule has 3 heteroatoms. The molecule has 0 bridgehead atoms. The normalized spacial score (nSPS) is 21.7. The van der Waals surface area contributed by atoms with E-state index in [4.69, 9.17) is 5.73 Å². The summed E-state index contributed by atoms with van der Waals surface area (Å²) in [6, 6.07) is 0. The molecular weight excluding hydrogens is 186 g/mol. The summed E-state index contributed by atoms with van der Waals surface area (Å²) in [4.78, 5) is 0. The number of aryl methyl sites for hydroxylation is 2. The summed E-state index contributed by atoms with van der Waals surface area (Å²) in [6.45, 7) is 0. The van der Waals surface area contributed by atoms with E-state index < -0.39 is 0 Å². The smallest absolute Gasteiger partial charge is 0.0659 e. The quantitative estimate of drug-likeness (QED) is 0.809. The number of fused-ring (bicyclic) bond motifs is 1. The minimum atomic E-state index is 0.176. The second-order valence-corrected chi connectivity index (χ2v) is 5.21. The van der Waals surface area contributed by atoms with Crippen molar-refractivity contribution in [2.75, 3.05) is 0 Å². The van der Waals surface area contributed by atoms with Crippen LogP contribution in [0.1, 0.15) is 42.6 Å². The highest BCUT2D eigenvalue weighted by Gasteiger charge is 2.38. The molecule has 0 aliphatic heterocycles. The maximum absolute atomic E-state index is 6.13. The first-order chi connectivity index (χ1) is 7.18. The van der Waals surface area contributed by atoms with Crippen LogP contribution in [0.3, 0.4) is 0 Å². The maximum atomic E-state index is 6.13. The van der Waals surface area contributed by atoms with E-state index >= 15 is 0 Å². The second kappa shape index (κ2) is 3.08. The molecule has 0 radical (unpaired) electrons. The van der Waals surface area contributed by atoms with Crippen LogP contribution in [0.15, 0.2) is 0 Å². The van der Waals surface area contributed by atoms with Crippen LogP contribution in [0.4, 0.5) is 0 Å². The zero-order chi connectivity index (χ0) is 10.5. The summed E-state index contributed by atoms with van der Waals surface area (Å²) in [5.41, 5.74) is 10.6. The van der Waals surface area contributed by atoms with Crippen LogP contribution in [-0.4, -0.2) is 15.3 Å². The van der Waals surface area contributed by atoms with Crippen molar-refractivity contribution in [2.24, 2.45) is 12.8 Å². The van der Waals surface area contributed by atoms with E-state index in [0.29, 0.717) is 0 Å². The molecule has 2 N–H and O–H groups in total. The van der Waals surface area contributed by atoms with Gasteiger partial charge in [-0.3, -0.25) is 4.68 Å². The SMILES string of the molecule is Cn1nc2c(c1CCC1(N)CC1)CCC2. The van der Waals surface area contributed by atoms with Gasteiger partial charge in [-0.2, -0.15) is 5.10 Å². The van der Waals surface area contributed by atoms with E-state index in [1.165, 1.54) is 49.1 Å². The number of rotatable bonds is 3. The van der Waals surface area contributed by atoms with Gasteiger partial charge in [0.25, 0.3) is 0 Å². The fourth-order valence-corrected chi connectivity index (χ4v) is 2.68. The molecule has 2 aliphatic carbocycles. The Labute approximate surface area is 90.7 Å². The summed E-state index contributed by atoms with van der Waals surface area (Å²) in [6.07, 6.45) is 8.39. The lowest BCUT2D eigenvalue weighted by Crippen LogP contribution is -2.22. The van der Waals surface area contributed by atoms with Gasteiger partial charge in [0, 0.05) is 18.3 Å². The Kier molecular flexibility index (Phi) is 1.93. The molecule has 0 amide bonds. The van der Waals surface area contributed by atoms with Crippen molar-refractivity contribution in [1.82, 2.24) is 9.78 Å². The van der Waals surface area contributed by atoms with Gasteiger partial charge in [0.1, 0.15) is 0 Å². The van der Waals surface area contributed by atoms with Gasteiger partial charge in [-0.05, 0) is 50.5 Å². The predicted octanol–water partition coefficient (Wildman–Crippen LogP) is 1.33. The van der Waals surface area contributed by atoms with Crippen molar-refractivity contribution in [3.63, 3.8) is 0 Å². The van der Waals surface area contributed by atoms with E-state index in [1.54, 1.807) is 0 Å². The topological polar surface area (TPSA) is 43.8 Å². The minimum absolute atomic E-state index is 0.176. The molecule has 2 aliphatic rings. The Hall–Kier alpha value is -0.830. The highest BCUT2D eigenvalue weighted by atomic mass is 15.3.